The van der Waals surface area contributed by atoms with Gasteiger partial charge in [-0.1, -0.05) is 0 Å². The fraction of sp³-hybridized carbons (Fsp3) is 0.643. The van der Waals surface area contributed by atoms with Crippen molar-refractivity contribution in [3.63, 3.8) is 0 Å². The Morgan fingerprint density at radius 1 is 1.50 bits per heavy atom. The summed E-state index contributed by atoms with van der Waals surface area (Å²) in [5, 5.41) is 2.89. The number of aromatic nitrogens is 2. The Morgan fingerprint density at radius 3 is 2.75 bits per heavy atom. The summed E-state index contributed by atoms with van der Waals surface area (Å²) in [5.41, 5.74) is 5.85. The number of nitrogens with one attached hydrogen (secondary N) is 1. The Labute approximate surface area is 119 Å². The van der Waals surface area contributed by atoms with E-state index in [0.29, 0.717) is 18.3 Å². The summed E-state index contributed by atoms with van der Waals surface area (Å²) < 4.78 is 0. The van der Waals surface area contributed by atoms with E-state index in [2.05, 4.69) is 15.3 Å². The lowest BCUT2D eigenvalue weighted by molar-refractivity contribution is -0.120. The van der Waals surface area contributed by atoms with Gasteiger partial charge >= 0.3 is 0 Å². The van der Waals surface area contributed by atoms with Gasteiger partial charge in [-0.3, -0.25) is 4.79 Å². The van der Waals surface area contributed by atoms with Crippen LogP contribution < -0.4 is 16.0 Å². The number of amides is 1. The molecule has 1 heterocycles. The first-order chi connectivity index (χ1) is 9.49. The highest BCUT2D eigenvalue weighted by molar-refractivity contribution is 5.81. The van der Waals surface area contributed by atoms with Crippen molar-refractivity contribution in [2.24, 2.45) is 0 Å². The Balaban J connectivity index is 2.12. The zero-order valence-electron chi connectivity index (χ0n) is 12.4. The van der Waals surface area contributed by atoms with Crippen molar-refractivity contribution in [1.29, 1.82) is 0 Å². The van der Waals surface area contributed by atoms with Gasteiger partial charge in [-0.15, -0.1) is 0 Å². The van der Waals surface area contributed by atoms with E-state index in [1.807, 2.05) is 25.7 Å². The maximum Gasteiger partial charge on any atom is 0.239 e. The number of carbonyl (C=O) groups excluding carboxylic acids is 1. The smallest absolute Gasteiger partial charge is 0.239 e. The third kappa shape index (κ3) is 3.82. The van der Waals surface area contributed by atoms with E-state index in [0.717, 1.165) is 24.5 Å². The van der Waals surface area contributed by atoms with E-state index in [1.165, 1.54) is 0 Å². The average molecular weight is 277 g/mol. The van der Waals surface area contributed by atoms with Crippen LogP contribution in [0.25, 0.3) is 0 Å². The molecule has 0 unspecified atom stereocenters. The minimum absolute atomic E-state index is 0.00740. The highest BCUT2D eigenvalue weighted by Gasteiger charge is 2.27. The fourth-order valence-corrected chi connectivity index (χ4v) is 2.05. The number of hydrogen-bond donors (Lipinski definition) is 2. The maximum absolute atomic E-state index is 11.9. The largest absolute Gasteiger partial charge is 0.384 e. The van der Waals surface area contributed by atoms with Crippen LogP contribution in [0.1, 0.15) is 45.4 Å². The summed E-state index contributed by atoms with van der Waals surface area (Å²) >= 11 is 0. The van der Waals surface area contributed by atoms with Gasteiger partial charge in [0.2, 0.25) is 5.91 Å². The molecule has 6 heteroatoms. The van der Waals surface area contributed by atoms with Gasteiger partial charge in [0.1, 0.15) is 17.5 Å². The lowest BCUT2D eigenvalue weighted by Gasteiger charge is -2.22. The van der Waals surface area contributed by atoms with Crippen molar-refractivity contribution in [2.75, 3.05) is 23.7 Å². The molecule has 1 amide bonds. The zero-order chi connectivity index (χ0) is 14.7. The molecule has 2 rings (SSSR count). The summed E-state index contributed by atoms with van der Waals surface area (Å²) in [6.45, 7) is 6.88. The van der Waals surface area contributed by atoms with Crippen molar-refractivity contribution in [3.05, 3.63) is 11.9 Å². The fourth-order valence-electron chi connectivity index (χ4n) is 2.05. The molecule has 1 saturated carbocycles. The maximum atomic E-state index is 11.9. The van der Waals surface area contributed by atoms with Crippen molar-refractivity contribution in [2.45, 2.75) is 45.6 Å². The predicted molar refractivity (Wildman–Crippen MR) is 79.6 cm³/mol. The predicted octanol–water partition coefficient (Wildman–Crippen LogP) is 1.29. The average Bonchev–Trinajstić information content (AvgIpc) is 3.18. The summed E-state index contributed by atoms with van der Waals surface area (Å²) in [4.78, 5) is 22.6. The van der Waals surface area contributed by atoms with Crippen LogP contribution in [0.2, 0.25) is 0 Å². The van der Waals surface area contributed by atoms with E-state index < -0.39 is 0 Å². The van der Waals surface area contributed by atoms with Crippen molar-refractivity contribution in [3.8, 4) is 0 Å². The quantitative estimate of drug-likeness (QED) is 0.818. The Hall–Kier alpha value is -1.85. The molecule has 20 heavy (non-hydrogen) atoms. The van der Waals surface area contributed by atoms with Gasteiger partial charge in [-0.2, -0.15) is 0 Å². The molecule has 0 aliphatic heterocycles. The molecule has 1 aliphatic carbocycles. The topological polar surface area (TPSA) is 84.1 Å². The first-order valence-electron chi connectivity index (χ1n) is 7.18. The molecule has 0 spiro atoms. The number of anilines is 2. The monoisotopic (exact) mass is 277 g/mol. The van der Waals surface area contributed by atoms with Gasteiger partial charge in [0.05, 0.1) is 6.54 Å². The number of carbonyl (C=O) groups is 1. The molecule has 1 aliphatic rings. The van der Waals surface area contributed by atoms with E-state index in [1.54, 1.807) is 6.07 Å². The van der Waals surface area contributed by atoms with Crippen LogP contribution in [0.5, 0.6) is 0 Å². The lowest BCUT2D eigenvalue weighted by Crippen LogP contribution is -2.40. The Morgan fingerprint density at radius 2 is 2.20 bits per heavy atom. The van der Waals surface area contributed by atoms with E-state index in [4.69, 9.17) is 5.73 Å². The normalized spacial score (nSPS) is 14.4. The van der Waals surface area contributed by atoms with Crippen molar-refractivity contribution >= 4 is 17.5 Å². The SMILES string of the molecule is CCN(CC(=O)NC(C)C)c1cc(N)nc(C2CC2)n1. The Kier molecular flexibility index (Phi) is 4.42. The minimum Gasteiger partial charge on any atom is -0.384 e. The molecule has 1 aromatic heterocycles. The summed E-state index contributed by atoms with van der Waals surface area (Å²) in [6, 6.07) is 1.87. The number of nitrogen functional groups attached to an aromatic ring is 1. The van der Waals surface area contributed by atoms with Crippen LogP contribution in [0.4, 0.5) is 11.6 Å². The van der Waals surface area contributed by atoms with Gasteiger partial charge in [0.25, 0.3) is 0 Å². The molecular weight excluding hydrogens is 254 g/mol. The molecule has 110 valence electrons. The second kappa shape index (κ2) is 6.07. The third-order valence-corrected chi connectivity index (χ3v) is 3.18. The van der Waals surface area contributed by atoms with Crippen LogP contribution in [0.3, 0.4) is 0 Å². The van der Waals surface area contributed by atoms with Gasteiger partial charge in [0.15, 0.2) is 0 Å². The number of rotatable bonds is 6. The Bertz CT molecular complexity index is 484. The number of likely N-dealkylation sites (N-methyl/N-ethyl adjacent to an activating group) is 1. The summed E-state index contributed by atoms with van der Waals surface area (Å²) in [7, 11) is 0. The van der Waals surface area contributed by atoms with Crippen molar-refractivity contribution < 1.29 is 4.79 Å². The first kappa shape index (κ1) is 14.6. The molecule has 0 saturated heterocycles. The van der Waals surface area contributed by atoms with Gasteiger partial charge in [-0.05, 0) is 33.6 Å². The van der Waals surface area contributed by atoms with Crippen LogP contribution in [0, 0.1) is 0 Å². The van der Waals surface area contributed by atoms with Gasteiger partial charge in [0, 0.05) is 24.6 Å². The summed E-state index contributed by atoms with van der Waals surface area (Å²) in [5.74, 6) is 2.45. The van der Waals surface area contributed by atoms with E-state index in [9.17, 15) is 4.79 Å². The number of hydrogen-bond acceptors (Lipinski definition) is 5. The molecule has 0 radical (unpaired) electrons. The van der Waals surface area contributed by atoms with Crippen LogP contribution >= 0.6 is 0 Å². The lowest BCUT2D eigenvalue weighted by atomic mass is 10.3. The molecule has 1 aromatic rings. The molecule has 0 atom stereocenters. The summed E-state index contributed by atoms with van der Waals surface area (Å²) in [6.07, 6.45) is 2.26. The minimum atomic E-state index is -0.00740. The standard InChI is InChI=1S/C14H23N5O/c1-4-19(8-13(20)16-9(2)3)12-7-11(15)17-14(18-12)10-5-6-10/h7,9-10H,4-6,8H2,1-3H3,(H,16,20)(H2,15,17,18). The van der Waals surface area contributed by atoms with Crippen LogP contribution in [-0.2, 0) is 4.79 Å². The zero-order valence-corrected chi connectivity index (χ0v) is 12.4. The van der Waals surface area contributed by atoms with E-state index in [-0.39, 0.29) is 18.5 Å². The highest BCUT2D eigenvalue weighted by Crippen LogP contribution is 2.38. The third-order valence-electron chi connectivity index (χ3n) is 3.18. The number of nitrogens with zero attached hydrogens (tertiary/aromatic N) is 3. The van der Waals surface area contributed by atoms with Gasteiger partial charge < -0.3 is 16.0 Å². The van der Waals surface area contributed by atoms with Crippen LogP contribution in [0.15, 0.2) is 6.07 Å². The molecule has 3 N–H and O–H groups in total. The second-order valence-electron chi connectivity index (χ2n) is 5.52. The van der Waals surface area contributed by atoms with Crippen LogP contribution in [-0.4, -0.2) is 35.0 Å². The molecule has 0 aromatic carbocycles. The van der Waals surface area contributed by atoms with Crippen molar-refractivity contribution in [1.82, 2.24) is 15.3 Å². The second-order valence-corrected chi connectivity index (χ2v) is 5.52. The molecule has 0 bridgehead atoms. The first-order valence-corrected chi connectivity index (χ1v) is 7.18. The molecule has 6 nitrogen and oxygen atoms in total. The molecule has 1 fully saturated rings. The highest BCUT2D eigenvalue weighted by atomic mass is 16.2. The molecular formula is C14H23N5O. The number of nitrogens with two attached hydrogens (primary N) is 1. The van der Waals surface area contributed by atoms with E-state index >= 15 is 0 Å². The van der Waals surface area contributed by atoms with Gasteiger partial charge in [-0.25, -0.2) is 9.97 Å².